The Morgan fingerprint density at radius 2 is 1.73 bits per heavy atom. The molecule has 0 spiro atoms. The molecule has 2 aliphatic carbocycles. The molecule has 3 heterocycles. The lowest BCUT2D eigenvalue weighted by molar-refractivity contribution is -0.119. The second-order valence-corrected chi connectivity index (χ2v) is 11.4. The van der Waals surface area contributed by atoms with Crippen LogP contribution in [-0.4, -0.2) is 50.9 Å². The van der Waals surface area contributed by atoms with E-state index in [0.29, 0.717) is 24.1 Å². The third-order valence-electron chi connectivity index (χ3n) is 8.17. The third kappa shape index (κ3) is 5.16. The van der Waals surface area contributed by atoms with Crippen molar-refractivity contribution in [2.45, 2.75) is 84.1 Å². The van der Waals surface area contributed by atoms with Crippen LogP contribution in [0.15, 0.2) is 24.4 Å². The molecule has 11 heteroatoms. The quantitative estimate of drug-likeness (QED) is 0.396. The Labute approximate surface area is 217 Å². The number of aryl methyl sites for hydroxylation is 1. The maximum Gasteiger partial charge on any atom is 0.499 e. The minimum Gasteiger partial charge on any atom is -0.399 e. The van der Waals surface area contributed by atoms with Gasteiger partial charge in [0, 0.05) is 18.2 Å². The monoisotopic (exact) mass is 511 g/mol. The molecule has 1 atom stereocenters. The maximum absolute atomic E-state index is 15.1. The Balaban J connectivity index is 1.34. The van der Waals surface area contributed by atoms with Gasteiger partial charge in [0.25, 0.3) is 5.91 Å². The Morgan fingerprint density at radius 3 is 2.27 bits per heavy atom. The highest BCUT2D eigenvalue weighted by Gasteiger charge is 2.53. The molecule has 1 saturated heterocycles. The Morgan fingerprint density at radius 1 is 1.11 bits per heavy atom. The molecule has 3 aliphatic rings. The van der Waals surface area contributed by atoms with Crippen LogP contribution in [0.1, 0.15) is 70.8 Å². The fourth-order valence-corrected chi connectivity index (χ4v) is 5.09. The number of pyridine rings is 1. The van der Waals surface area contributed by atoms with E-state index >= 15 is 4.39 Å². The van der Waals surface area contributed by atoms with E-state index in [1.54, 1.807) is 16.9 Å². The Kier molecular flexibility index (Phi) is 6.64. The number of rotatable bonds is 9. The van der Waals surface area contributed by atoms with Crippen LogP contribution in [0.25, 0.3) is 0 Å². The molecular weight excluding hydrogens is 476 g/mol. The van der Waals surface area contributed by atoms with Gasteiger partial charge in [-0.15, -0.1) is 0 Å². The molecule has 0 unspecified atom stereocenters. The highest BCUT2D eigenvalue weighted by Crippen LogP contribution is 2.51. The molecule has 2 aromatic heterocycles. The number of halogens is 1. The van der Waals surface area contributed by atoms with Crippen LogP contribution in [0.2, 0.25) is 0 Å². The molecule has 2 aromatic rings. The van der Waals surface area contributed by atoms with Crippen LogP contribution in [0, 0.1) is 23.7 Å². The minimum atomic E-state index is -0.896. The van der Waals surface area contributed by atoms with Gasteiger partial charge in [0.1, 0.15) is 17.6 Å². The van der Waals surface area contributed by atoms with Gasteiger partial charge in [0.05, 0.1) is 11.2 Å². The molecular formula is C26H35BFN5O4. The van der Waals surface area contributed by atoms with Gasteiger partial charge in [-0.3, -0.25) is 14.3 Å². The lowest BCUT2D eigenvalue weighted by atomic mass is 9.80. The summed E-state index contributed by atoms with van der Waals surface area (Å²) in [5, 5.41) is 9.89. The lowest BCUT2D eigenvalue weighted by Crippen LogP contribution is -2.50. The molecule has 5 rings (SSSR count). The highest BCUT2D eigenvalue weighted by atomic mass is 19.1. The predicted octanol–water partition coefficient (Wildman–Crippen LogP) is 2.91. The van der Waals surface area contributed by atoms with E-state index in [4.69, 9.17) is 9.31 Å². The fourth-order valence-electron chi connectivity index (χ4n) is 5.09. The van der Waals surface area contributed by atoms with Crippen molar-refractivity contribution in [1.29, 1.82) is 0 Å². The van der Waals surface area contributed by atoms with Crippen molar-refractivity contribution in [3.05, 3.63) is 36.0 Å². The highest BCUT2D eigenvalue weighted by molar-refractivity contribution is 6.62. The molecule has 198 valence electrons. The predicted molar refractivity (Wildman–Crippen MR) is 137 cm³/mol. The Bertz CT molecular complexity index is 1170. The third-order valence-corrected chi connectivity index (χ3v) is 8.17. The molecule has 1 aliphatic heterocycles. The molecule has 0 radical (unpaired) electrons. The number of aromatic nitrogens is 3. The largest absolute Gasteiger partial charge is 0.499 e. The molecule has 9 nitrogen and oxygen atoms in total. The first-order valence-corrected chi connectivity index (χ1v) is 13.2. The zero-order chi connectivity index (χ0) is 26.5. The molecule has 2 N–H and O–H groups in total. The number of carbonyl (C=O) groups excluding carboxylic acids is 2. The van der Waals surface area contributed by atoms with Crippen molar-refractivity contribution < 1.29 is 23.3 Å². The van der Waals surface area contributed by atoms with Gasteiger partial charge in [-0.2, -0.15) is 9.49 Å². The molecule has 2 amide bonds. The van der Waals surface area contributed by atoms with E-state index in [9.17, 15) is 9.59 Å². The first kappa shape index (κ1) is 25.8. The summed E-state index contributed by atoms with van der Waals surface area (Å²) in [6.45, 7) is 10.0. The second kappa shape index (κ2) is 9.51. The number of nitrogens with one attached hydrogen (secondary N) is 2. The lowest BCUT2D eigenvalue weighted by Gasteiger charge is -2.32. The average Bonchev–Trinajstić information content (AvgIpc) is 3.76. The van der Waals surface area contributed by atoms with Crippen molar-refractivity contribution >= 4 is 30.2 Å². The standard InChI is InChI=1S/C26H35BFN5O4/c1-6-33-18(13-14-29-33)23(34)32-21(20(15-7-8-15)16-9-10-16)24(35)31-19-12-11-17(22(28)30-19)27-36-25(2,3)26(4,5)37-27/h11-16,20-21H,6-10H2,1-5H3,(H,32,34)(H,30,31,35)/t21-/m0/s1. The van der Waals surface area contributed by atoms with Crippen molar-refractivity contribution in [3.63, 3.8) is 0 Å². The van der Waals surface area contributed by atoms with Gasteiger partial charge in [0.2, 0.25) is 11.9 Å². The van der Waals surface area contributed by atoms with Crippen LogP contribution < -0.4 is 16.1 Å². The number of amides is 2. The van der Waals surface area contributed by atoms with E-state index < -0.39 is 36.2 Å². The van der Waals surface area contributed by atoms with Crippen molar-refractivity contribution in [1.82, 2.24) is 20.1 Å². The molecule has 3 fully saturated rings. The van der Waals surface area contributed by atoms with Gasteiger partial charge >= 0.3 is 7.12 Å². The first-order valence-electron chi connectivity index (χ1n) is 13.2. The number of anilines is 1. The number of carbonyl (C=O) groups is 2. The summed E-state index contributed by atoms with van der Waals surface area (Å²) < 4.78 is 28.5. The van der Waals surface area contributed by atoms with E-state index in [1.165, 1.54) is 12.1 Å². The van der Waals surface area contributed by atoms with Crippen LogP contribution in [0.4, 0.5) is 10.2 Å². The van der Waals surface area contributed by atoms with Crippen molar-refractivity contribution in [2.24, 2.45) is 17.8 Å². The summed E-state index contributed by atoms with van der Waals surface area (Å²) in [6.07, 6.45) is 5.75. The van der Waals surface area contributed by atoms with Crippen LogP contribution in [-0.2, 0) is 20.6 Å². The first-order chi connectivity index (χ1) is 17.5. The summed E-state index contributed by atoms with van der Waals surface area (Å²) >= 11 is 0. The van der Waals surface area contributed by atoms with Gasteiger partial charge < -0.3 is 19.9 Å². The van der Waals surface area contributed by atoms with Gasteiger partial charge in [-0.05, 0) is 90.2 Å². The van der Waals surface area contributed by atoms with Crippen LogP contribution >= 0.6 is 0 Å². The smallest absolute Gasteiger partial charge is 0.399 e. The average molecular weight is 511 g/mol. The summed E-state index contributed by atoms with van der Waals surface area (Å²) in [5.74, 6) is -0.604. The number of nitrogens with zero attached hydrogens (tertiary/aromatic N) is 3. The SMILES string of the molecule is CCn1nccc1C(=O)N[C@H](C(=O)Nc1ccc(B2OC(C)(C)C(C)(C)O2)c(F)n1)C(C1CC1)C1CC1. The summed E-state index contributed by atoms with van der Waals surface area (Å²) in [5.41, 5.74) is -0.656. The van der Waals surface area contributed by atoms with Gasteiger partial charge in [-0.25, -0.2) is 4.98 Å². The summed E-state index contributed by atoms with van der Waals surface area (Å²) in [4.78, 5) is 30.7. The number of hydrogen-bond acceptors (Lipinski definition) is 6. The molecule has 0 bridgehead atoms. The van der Waals surface area contributed by atoms with E-state index in [-0.39, 0.29) is 23.1 Å². The van der Waals surface area contributed by atoms with Crippen LogP contribution in [0.5, 0.6) is 0 Å². The van der Waals surface area contributed by atoms with E-state index in [1.807, 2.05) is 34.6 Å². The van der Waals surface area contributed by atoms with Crippen molar-refractivity contribution in [2.75, 3.05) is 5.32 Å². The van der Waals surface area contributed by atoms with Crippen LogP contribution in [0.3, 0.4) is 0 Å². The van der Waals surface area contributed by atoms with Crippen molar-refractivity contribution in [3.8, 4) is 0 Å². The molecule has 37 heavy (non-hydrogen) atoms. The number of hydrogen-bond donors (Lipinski definition) is 2. The second-order valence-electron chi connectivity index (χ2n) is 11.4. The zero-order valence-electron chi connectivity index (χ0n) is 22.1. The Hall–Kier alpha value is -2.79. The van der Waals surface area contributed by atoms with Gasteiger partial charge in [-0.1, -0.05) is 6.07 Å². The summed E-state index contributed by atoms with van der Waals surface area (Å²) in [7, 11) is -0.896. The minimum absolute atomic E-state index is 0.0378. The zero-order valence-corrected chi connectivity index (χ0v) is 22.1. The topological polar surface area (TPSA) is 107 Å². The molecule has 2 saturated carbocycles. The maximum atomic E-state index is 15.1. The van der Waals surface area contributed by atoms with E-state index in [2.05, 4.69) is 20.7 Å². The normalized spacial score (nSPS) is 21.2. The summed E-state index contributed by atoms with van der Waals surface area (Å²) in [6, 6.07) is 3.95. The van der Waals surface area contributed by atoms with E-state index in [0.717, 1.165) is 25.7 Å². The van der Waals surface area contributed by atoms with Gasteiger partial charge in [0.15, 0.2) is 0 Å². The molecule has 0 aromatic carbocycles. The fraction of sp³-hybridized carbons (Fsp3) is 0.615.